The van der Waals surface area contributed by atoms with Crippen LogP contribution in [-0.4, -0.2) is 28.4 Å². The first-order valence-corrected chi connectivity index (χ1v) is 10.6. The second kappa shape index (κ2) is 7.87. The molecule has 162 valence electrons. The average molecular weight is 436 g/mol. The monoisotopic (exact) mass is 436 g/mol. The minimum atomic E-state index is 0.246. The summed E-state index contributed by atoms with van der Waals surface area (Å²) in [5.41, 5.74) is 3.50. The number of nitrogens with zero attached hydrogens (tertiary/aromatic N) is 4. The molecule has 7 nitrogen and oxygen atoms in total. The first kappa shape index (κ1) is 19.2. The lowest BCUT2D eigenvalue weighted by atomic mass is 10.1. The van der Waals surface area contributed by atoms with Crippen LogP contribution in [0.15, 0.2) is 91.3 Å². The van der Waals surface area contributed by atoms with E-state index in [0.29, 0.717) is 0 Å². The van der Waals surface area contributed by atoms with E-state index in [9.17, 15) is 0 Å². The fourth-order valence-corrected chi connectivity index (χ4v) is 3.86. The molecule has 0 N–H and O–H groups in total. The summed E-state index contributed by atoms with van der Waals surface area (Å²) in [7, 11) is 1.97. The third-order valence-corrected chi connectivity index (χ3v) is 5.59. The normalized spacial score (nSPS) is 12.2. The fourth-order valence-electron chi connectivity index (χ4n) is 3.86. The van der Waals surface area contributed by atoms with E-state index in [2.05, 4.69) is 5.10 Å². The topological polar surface area (TPSA) is 61.1 Å². The molecule has 2 aromatic heterocycles. The first-order valence-electron chi connectivity index (χ1n) is 10.6. The summed E-state index contributed by atoms with van der Waals surface area (Å²) in [6.07, 6.45) is 3.73. The van der Waals surface area contributed by atoms with Crippen LogP contribution >= 0.6 is 0 Å². The molecule has 3 heterocycles. The molecule has 0 radical (unpaired) electrons. The molecule has 5 aromatic rings. The Morgan fingerprint density at radius 2 is 1.70 bits per heavy atom. The lowest BCUT2D eigenvalue weighted by Crippen LogP contribution is -2.11. The number of ether oxygens (including phenoxy) is 3. The highest BCUT2D eigenvalue weighted by atomic mass is 16.7. The Kier molecular flexibility index (Phi) is 4.58. The van der Waals surface area contributed by atoms with Crippen molar-refractivity contribution in [2.75, 3.05) is 18.7 Å². The zero-order valence-electron chi connectivity index (χ0n) is 17.9. The minimum Gasteiger partial charge on any atom is -0.457 e. The van der Waals surface area contributed by atoms with Gasteiger partial charge in [0.15, 0.2) is 17.1 Å². The van der Waals surface area contributed by atoms with Gasteiger partial charge in [0.2, 0.25) is 6.79 Å². The van der Waals surface area contributed by atoms with Crippen LogP contribution in [0.1, 0.15) is 0 Å². The Balaban J connectivity index is 1.39. The van der Waals surface area contributed by atoms with Crippen LogP contribution in [0.2, 0.25) is 0 Å². The third kappa shape index (κ3) is 3.49. The molecule has 0 saturated heterocycles. The molecule has 0 amide bonds. The lowest BCUT2D eigenvalue weighted by molar-refractivity contribution is 0.174. The Morgan fingerprint density at radius 1 is 0.879 bits per heavy atom. The van der Waals surface area contributed by atoms with Crippen molar-refractivity contribution < 1.29 is 14.2 Å². The van der Waals surface area contributed by atoms with Gasteiger partial charge in [-0.2, -0.15) is 5.10 Å². The van der Waals surface area contributed by atoms with Crippen molar-refractivity contribution in [3.8, 4) is 34.1 Å². The number of hydrogen-bond acceptors (Lipinski definition) is 6. The van der Waals surface area contributed by atoms with E-state index < -0.39 is 0 Å². The summed E-state index contributed by atoms with van der Waals surface area (Å²) in [6.45, 7) is 0.246. The smallest absolute Gasteiger partial charge is 0.231 e. The number of fused-ring (bicyclic) bond motifs is 2. The molecule has 0 bridgehead atoms. The van der Waals surface area contributed by atoms with E-state index in [4.69, 9.17) is 19.2 Å². The zero-order chi connectivity index (χ0) is 22.2. The molecule has 0 fully saturated rings. The van der Waals surface area contributed by atoms with E-state index in [1.54, 1.807) is 4.52 Å². The van der Waals surface area contributed by atoms with Gasteiger partial charge in [-0.1, -0.05) is 36.4 Å². The van der Waals surface area contributed by atoms with Gasteiger partial charge in [0.1, 0.15) is 17.3 Å². The number of anilines is 2. The van der Waals surface area contributed by atoms with Gasteiger partial charge in [-0.15, -0.1) is 0 Å². The molecule has 7 heteroatoms. The van der Waals surface area contributed by atoms with Crippen LogP contribution in [0.25, 0.3) is 16.8 Å². The Morgan fingerprint density at radius 3 is 2.61 bits per heavy atom. The van der Waals surface area contributed by atoms with Crippen molar-refractivity contribution in [3.63, 3.8) is 0 Å². The molecular weight excluding hydrogens is 416 g/mol. The molecule has 6 rings (SSSR count). The van der Waals surface area contributed by atoms with Crippen molar-refractivity contribution in [2.24, 2.45) is 0 Å². The molecule has 0 saturated carbocycles. The third-order valence-electron chi connectivity index (χ3n) is 5.59. The quantitative estimate of drug-likeness (QED) is 0.353. The van der Waals surface area contributed by atoms with E-state index >= 15 is 0 Å². The van der Waals surface area contributed by atoms with Crippen LogP contribution in [0, 0.1) is 0 Å². The highest BCUT2D eigenvalue weighted by Crippen LogP contribution is 2.38. The summed E-state index contributed by atoms with van der Waals surface area (Å²) in [5, 5.41) is 4.51. The van der Waals surface area contributed by atoms with Gasteiger partial charge in [0.25, 0.3) is 0 Å². The van der Waals surface area contributed by atoms with Crippen LogP contribution in [-0.2, 0) is 0 Å². The Hall–Kier alpha value is -4.52. The summed E-state index contributed by atoms with van der Waals surface area (Å²) in [4.78, 5) is 6.93. The van der Waals surface area contributed by atoms with E-state index in [1.807, 2.05) is 103 Å². The average Bonchev–Trinajstić information content (AvgIpc) is 3.51. The molecule has 1 aliphatic heterocycles. The van der Waals surface area contributed by atoms with Crippen molar-refractivity contribution in [1.29, 1.82) is 0 Å². The standard InChI is InChI=1S/C26H20N4O3/c1-29(18-11-12-23-24(15-18)32-17-31-23)25-13-14-30-26(28-25)21(16-27-30)20-9-5-6-10-22(20)33-19-7-3-2-4-8-19/h2-16H,17H2,1H3. The van der Waals surface area contributed by atoms with E-state index in [-0.39, 0.29) is 6.79 Å². The maximum Gasteiger partial charge on any atom is 0.231 e. The number of hydrogen-bond donors (Lipinski definition) is 0. The van der Waals surface area contributed by atoms with Crippen molar-refractivity contribution in [2.45, 2.75) is 0 Å². The lowest BCUT2D eigenvalue weighted by Gasteiger charge is -2.19. The Labute approximate surface area is 190 Å². The van der Waals surface area contributed by atoms with Crippen LogP contribution < -0.4 is 19.1 Å². The zero-order valence-corrected chi connectivity index (χ0v) is 17.9. The van der Waals surface area contributed by atoms with Crippen molar-refractivity contribution in [3.05, 3.63) is 91.3 Å². The summed E-state index contributed by atoms with van der Waals surface area (Å²) in [5.74, 6) is 3.79. The van der Waals surface area contributed by atoms with Crippen LogP contribution in [0.3, 0.4) is 0 Å². The number of rotatable bonds is 5. The first-order chi connectivity index (χ1) is 16.3. The highest BCUT2D eigenvalue weighted by Gasteiger charge is 2.18. The predicted molar refractivity (Wildman–Crippen MR) is 126 cm³/mol. The summed E-state index contributed by atoms with van der Waals surface area (Å²) in [6, 6.07) is 25.4. The molecule has 0 aliphatic carbocycles. The maximum absolute atomic E-state index is 6.17. The van der Waals surface area contributed by atoms with E-state index in [0.717, 1.165) is 51.3 Å². The maximum atomic E-state index is 6.17. The summed E-state index contributed by atoms with van der Waals surface area (Å²) < 4.78 is 18.9. The molecule has 0 atom stereocenters. The van der Waals surface area contributed by atoms with Gasteiger partial charge < -0.3 is 19.1 Å². The van der Waals surface area contributed by atoms with Gasteiger partial charge in [0, 0.05) is 30.6 Å². The number of para-hydroxylation sites is 2. The Bertz CT molecular complexity index is 1450. The van der Waals surface area contributed by atoms with Crippen LogP contribution in [0.5, 0.6) is 23.0 Å². The predicted octanol–water partition coefficient (Wildman–Crippen LogP) is 5.69. The second-order valence-corrected chi connectivity index (χ2v) is 7.62. The molecule has 3 aromatic carbocycles. The van der Waals surface area contributed by atoms with Crippen molar-refractivity contribution >= 4 is 17.2 Å². The van der Waals surface area contributed by atoms with Gasteiger partial charge in [0.05, 0.1) is 11.8 Å². The highest BCUT2D eigenvalue weighted by molar-refractivity contribution is 5.82. The van der Waals surface area contributed by atoms with Gasteiger partial charge >= 0.3 is 0 Å². The molecule has 0 unspecified atom stereocenters. The van der Waals surface area contributed by atoms with Crippen LogP contribution in [0.4, 0.5) is 11.5 Å². The molecule has 33 heavy (non-hydrogen) atoms. The fraction of sp³-hybridized carbons (Fsp3) is 0.0769. The van der Waals surface area contributed by atoms with Gasteiger partial charge in [-0.3, -0.25) is 0 Å². The largest absolute Gasteiger partial charge is 0.457 e. The summed E-state index contributed by atoms with van der Waals surface area (Å²) >= 11 is 0. The van der Waals surface area contributed by atoms with Gasteiger partial charge in [-0.25, -0.2) is 9.50 Å². The van der Waals surface area contributed by atoms with Crippen molar-refractivity contribution in [1.82, 2.24) is 14.6 Å². The van der Waals surface area contributed by atoms with E-state index in [1.165, 1.54) is 0 Å². The molecule has 0 spiro atoms. The SMILES string of the molecule is CN(c1ccc2c(c1)OCO2)c1ccn2ncc(-c3ccccc3Oc3ccccc3)c2n1. The molecule has 1 aliphatic rings. The molecular formula is C26H20N4O3. The minimum absolute atomic E-state index is 0.246. The van der Waals surface area contributed by atoms with Gasteiger partial charge in [-0.05, 0) is 36.4 Å². The number of benzene rings is 3. The second-order valence-electron chi connectivity index (χ2n) is 7.62. The number of aromatic nitrogens is 3.